The van der Waals surface area contributed by atoms with E-state index in [1.807, 2.05) is 0 Å². The fourth-order valence-electron chi connectivity index (χ4n) is 2.29. The van der Waals surface area contributed by atoms with E-state index in [0.717, 1.165) is 13.1 Å². The monoisotopic (exact) mass is 212 g/mol. The summed E-state index contributed by atoms with van der Waals surface area (Å²) >= 11 is 0. The Kier molecular flexibility index (Phi) is 2.50. The van der Waals surface area contributed by atoms with Crippen molar-refractivity contribution in [2.45, 2.75) is 12.5 Å². The minimum atomic E-state index is 0.584. The van der Waals surface area contributed by atoms with Gasteiger partial charge in [-0.25, -0.2) is 0 Å². The van der Waals surface area contributed by atoms with Gasteiger partial charge in [-0.1, -0.05) is 30.3 Å². The second kappa shape index (κ2) is 4.14. The Morgan fingerprint density at radius 3 is 2.75 bits per heavy atom. The van der Waals surface area contributed by atoms with Crippen LogP contribution in [-0.4, -0.2) is 19.1 Å². The Morgan fingerprint density at radius 2 is 1.94 bits per heavy atom. The summed E-state index contributed by atoms with van der Waals surface area (Å²) in [6.45, 7) is 2.21. The molecule has 1 aliphatic heterocycles. The first-order valence-electron chi connectivity index (χ1n) is 5.88. The fraction of sp³-hybridized carbons (Fsp3) is 0.286. The summed E-state index contributed by atoms with van der Waals surface area (Å²) in [5.74, 6) is 0. The highest BCUT2D eigenvalue weighted by atomic mass is 15.0. The van der Waals surface area contributed by atoms with E-state index in [1.54, 1.807) is 0 Å². The Hall–Kier alpha value is -1.54. The Bertz CT molecular complexity index is 487. The van der Waals surface area contributed by atoms with Crippen molar-refractivity contribution in [3.05, 3.63) is 42.5 Å². The van der Waals surface area contributed by atoms with E-state index in [4.69, 9.17) is 0 Å². The quantitative estimate of drug-likeness (QED) is 0.799. The average molecular weight is 212 g/mol. The molecule has 2 aromatic rings. The number of fused-ring (bicyclic) bond motifs is 1. The first kappa shape index (κ1) is 9.67. The predicted octanol–water partition coefficient (Wildman–Crippen LogP) is 2.61. The van der Waals surface area contributed by atoms with Crippen molar-refractivity contribution in [1.29, 1.82) is 0 Å². The van der Waals surface area contributed by atoms with Gasteiger partial charge in [0.1, 0.15) is 0 Å². The largest absolute Gasteiger partial charge is 0.381 e. The summed E-state index contributed by atoms with van der Waals surface area (Å²) in [6, 6.07) is 15.6. The molecule has 1 heterocycles. The van der Waals surface area contributed by atoms with E-state index in [2.05, 4.69) is 53.1 Å². The molecule has 1 unspecified atom stereocenters. The molecule has 0 aromatic heterocycles. The predicted molar refractivity (Wildman–Crippen MR) is 68.8 cm³/mol. The van der Waals surface area contributed by atoms with Gasteiger partial charge < -0.3 is 10.6 Å². The summed E-state index contributed by atoms with van der Waals surface area (Å²) in [5.41, 5.74) is 1.23. The molecule has 2 aromatic carbocycles. The van der Waals surface area contributed by atoms with Crippen LogP contribution >= 0.6 is 0 Å². The topological polar surface area (TPSA) is 24.1 Å². The van der Waals surface area contributed by atoms with Crippen LogP contribution in [0.25, 0.3) is 10.8 Å². The molecule has 1 saturated heterocycles. The Labute approximate surface area is 95.7 Å². The maximum absolute atomic E-state index is 3.57. The molecule has 1 fully saturated rings. The van der Waals surface area contributed by atoms with Crippen LogP contribution in [-0.2, 0) is 0 Å². The maximum atomic E-state index is 3.57. The molecular formula is C14H16N2. The van der Waals surface area contributed by atoms with Gasteiger partial charge in [-0.05, 0) is 35.9 Å². The molecule has 0 amide bonds. The molecule has 2 N–H and O–H groups in total. The number of nitrogens with one attached hydrogen (secondary N) is 2. The van der Waals surface area contributed by atoms with Crippen LogP contribution in [0, 0.1) is 0 Å². The van der Waals surface area contributed by atoms with Crippen LogP contribution in [0.4, 0.5) is 5.69 Å². The van der Waals surface area contributed by atoms with Gasteiger partial charge in [0.25, 0.3) is 0 Å². The molecule has 3 rings (SSSR count). The van der Waals surface area contributed by atoms with Crippen LogP contribution in [0.5, 0.6) is 0 Å². The van der Waals surface area contributed by atoms with Crippen molar-refractivity contribution in [2.24, 2.45) is 0 Å². The zero-order valence-electron chi connectivity index (χ0n) is 9.24. The maximum Gasteiger partial charge on any atom is 0.0398 e. The number of benzene rings is 2. The fourth-order valence-corrected chi connectivity index (χ4v) is 2.29. The summed E-state index contributed by atoms with van der Waals surface area (Å²) in [4.78, 5) is 0. The molecule has 0 radical (unpaired) electrons. The van der Waals surface area contributed by atoms with Crippen molar-refractivity contribution in [1.82, 2.24) is 5.32 Å². The van der Waals surface area contributed by atoms with E-state index in [1.165, 1.54) is 22.9 Å². The van der Waals surface area contributed by atoms with Gasteiger partial charge in [0.2, 0.25) is 0 Å². The molecule has 0 bridgehead atoms. The Balaban J connectivity index is 1.86. The molecule has 82 valence electrons. The Morgan fingerprint density at radius 1 is 1.06 bits per heavy atom. The summed E-state index contributed by atoms with van der Waals surface area (Å²) in [5, 5.41) is 9.55. The lowest BCUT2D eigenvalue weighted by Crippen LogP contribution is -2.21. The average Bonchev–Trinajstić information content (AvgIpc) is 2.82. The third-order valence-electron chi connectivity index (χ3n) is 3.18. The van der Waals surface area contributed by atoms with Gasteiger partial charge in [-0.2, -0.15) is 0 Å². The van der Waals surface area contributed by atoms with Gasteiger partial charge in [-0.3, -0.25) is 0 Å². The second-order valence-electron chi connectivity index (χ2n) is 4.40. The van der Waals surface area contributed by atoms with Crippen LogP contribution in [0.1, 0.15) is 6.42 Å². The van der Waals surface area contributed by atoms with Crippen molar-refractivity contribution >= 4 is 16.5 Å². The molecule has 2 heteroatoms. The van der Waals surface area contributed by atoms with E-state index in [-0.39, 0.29) is 0 Å². The molecule has 0 spiro atoms. The second-order valence-corrected chi connectivity index (χ2v) is 4.40. The molecular weight excluding hydrogens is 196 g/mol. The number of anilines is 1. The molecule has 0 aliphatic carbocycles. The summed E-state index contributed by atoms with van der Waals surface area (Å²) in [7, 11) is 0. The van der Waals surface area contributed by atoms with E-state index < -0.39 is 0 Å². The molecule has 1 aliphatic rings. The number of hydrogen-bond donors (Lipinski definition) is 2. The summed E-state index contributed by atoms with van der Waals surface area (Å²) < 4.78 is 0. The van der Waals surface area contributed by atoms with Crippen LogP contribution in [0.15, 0.2) is 42.5 Å². The zero-order valence-corrected chi connectivity index (χ0v) is 9.24. The van der Waals surface area contributed by atoms with Crippen molar-refractivity contribution < 1.29 is 0 Å². The molecule has 16 heavy (non-hydrogen) atoms. The third kappa shape index (κ3) is 1.89. The standard InChI is InChI=1S/C14H16N2/c1-2-4-12-9-13(6-5-11(12)3-1)16-14-7-8-15-10-14/h1-6,9,14-16H,7-8,10H2. The molecule has 0 saturated carbocycles. The highest BCUT2D eigenvalue weighted by Gasteiger charge is 2.13. The van der Waals surface area contributed by atoms with Crippen LogP contribution < -0.4 is 10.6 Å². The first-order valence-corrected chi connectivity index (χ1v) is 5.88. The molecule has 2 nitrogen and oxygen atoms in total. The lowest BCUT2D eigenvalue weighted by Gasteiger charge is -2.13. The minimum Gasteiger partial charge on any atom is -0.381 e. The lowest BCUT2D eigenvalue weighted by atomic mass is 10.1. The smallest absolute Gasteiger partial charge is 0.0398 e. The highest BCUT2D eigenvalue weighted by molar-refractivity contribution is 5.85. The molecule has 1 atom stereocenters. The lowest BCUT2D eigenvalue weighted by molar-refractivity contribution is 0.793. The van der Waals surface area contributed by atoms with Crippen LogP contribution in [0.3, 0.4) is 0 Å². The minimum absolute atomic E-state index is 0.584. The van der Waals surface area contributed by atoms with Gasteiger partial charge in [0.15, 0.2) is 0 Å². The van der Waals surface area contributed by atoms with Gasteiger partial charge in [0.05, 0.1) is 0 Å². The first-order chi connectivity index (χ1) is 7.92. The van der Waals surface area contributed by atoms with Crippen molar-refractivity contribution in [2.75, 3.05) is 18.4 Å². The normalized spacial score (nSPS) is 20.1. The number of rotatable bonds is 2. The van der Waals surface area contributed by atoms with Gasteiger partial charge >= 0.3 is 0 Å². The van der Waals surface area contributed by atoms with Crippen LogP contribution in [0.2, 0.25) is 0 Å². The van der Waals surface area contributed by atoms with Gasteiger partial charge in [-0.15, -0.1) is 0 Å². The number of hydrogen-bond acceptors (Lipinski definition) is 2. The SMILES string of the molecule is c1ccc2cc(NC3CCNC3)ccc2c1. The van der Waals surface area contributed by atoms with Crippen molar-refractivity contribution in [3.8, 4) is 0 Å². The highest BCUT2D eigenvalue weighted by Crippen LogP contribution is 2.20. The summed E-state index contributed by atoms with van der Waals surface area (Å²) in [6.07, 6.45) is 1.22. The van der Waals surface area contributed by atoms with E-state index in [9.17, 15) is 0 Å². The third-order valence-corrected chi connectivity index (χ3v) is 3.18. The van der Waals surface area contributed by atoms with Crippen molar-refractivity contribution in [3.63, 3.8) is 0 Å². The zero-order chi connectivity index (χ0) is 10.8. The van der Waals surface area contributed by atoms with Gasteiger partial charge in [0, 0.05) is 18.3 Å². The van der Waals surface area contributed by atoms with E-state index >= 15 is 0 Å². The van der Waals surface area contributed by atoms with E-state index in [0.29, 0.717) is 6.04 Å².